The third-order valence-corrected chi connectivity index (χ3v) is 3.08. The molecule has 2 heterocycles. The molecule has 0 atom stereocenters. The minimum atomic E-state index is 0.619. The molecule has 0 aliphatic carbocycles. The molecule has 0 unspecified atom stereocenters. The molecule has 0 spiro atoms. The van der Waals surface area contributed by atoms with Crippen molar-refractivity contribution in [3.8, 4) is 5.82 Å². The Kier molecular flexibility index (Phi) is 4.56. The van der Waals surface area contributed by atoms with Crippen LogP contribution in [0.5, 0.6) is 0 Å². The van der Waals surface area contributed by atoms with Gasteiger partial charge in [-0.3, -0.25) is 0 Å². The molecule has 0 aliphatic heterocycles. The Morgan fingerprint density at radius 1 is 1.37 bits per heavy atom. The molecule has 102 valence electrons. The van der Waals surface area contributed by atoms with Crippen molar-refractivity contribution in [2.75, 3.05) is 6.54 Å². The Balaban J connectivity index is 2.15. The number of rotatable bonds is 5. The van der Waals surface area contributed by atoms with Gasteiger partial charge in [0.1, 0.15) is 0 Å². The Morgan fingerprint density at radius 3 is 2.79 bits per heavy atom. The first-order valence-corrected chi connectivity index (χ1v) is 6.81. The van der Waals surface area contributed by atoms with Gasteiger partial charge in [0.25, 0.3) is 0 Å². The summed E-state index contributed by atoms with van der Waals surface area (Å²) in [6, 6.07) is 1.97. The van der Waals surface area contributed by atoms with Gasteiger partial charge in [0.2, 0.25) is 0 Å². The largest absolute Gasteiger partial charge is 0.312 e. The molecule has 5 heteroatoms. The number of nitrogens with zero attached hydrogens (tertiary/aromatic N) is 3. The second-order valence-electron chi connectivity index (χ2n) is 5.12. The molecule has 0 saturated heterocycles. The molecular formula is C14H19ClN4. The molecule has 1 N–H and O–H groups in total. The van der Waals surface area contributed by atoms with Crippen molar-refractivity contribution >= 4 is 11.6 Å². The van der Waals surface area contributed by atoms with Crippen molar-refractivity contribution in [1.82, 2.24) is 20.1 Å². The van der Waals surface area contributed by atoms with E-state index in [1.807, 2.05) is 25.4 Å². The van der Waals surface area contributed by atoms with E-state index in [4.69, 9.17) is 11.6 Å². The van der Waals surface area contributed by atoms with Crippen LogP contribution in [0.15, 0.2) is 24.7 Å². The van der Waals surface area contributed by atoms with Crippen LogP contribution in [0.3, 0.4) is 0 Å². The van der Waals surface area contributed by atoms with E-state index in [2.05, 4.69) is 29.2 Å². The van der Waals surface area contributed by atoms with Crippen LogP contribution >= 0.6 is 11.6 Å². The van der Waals surface area contributed by atoms with Crippen molar-refractivity contribution in [1.29, 1.82) is 0 Å². The van der Waals surface area contributed by atoms with Gasteiger partial charge in [-0.05, 0) is 36.6 Å². The number of nitrogens with one attached hydrogen (secondary N) is 1. The SMILES string of the molecule is Cc1cnn(-c2cc(CNCC(C)C)c(Cl)cn2)c1. The molecule has 0 aliphatic rings. The van der Waals surface area contributed by atoms with E-state index in [9.17, 15) is 0 Å². The van der Waals surface area contributed by atoms with Gasteiger partial charge in [-0.15, -0.1) is 0 Å². The predicted molar refractivity (Wildman–Crippen MR) is 77.7 cm³/mol. The van der Waals surface area contributed by atoms with Crippen LogP contribution in [0.2, 0.25) is 5.02 Å². The van der Waals surface area contributed by atoms with E-state index in [1.165, 1.54) is 0 Å². The molecule has 19 heavy (non-hydrogen) atoms. The number of hydrogen-bond donors (Lipinski definition) is 1. The second-order valence-corrected chi connectivity index (χ2v) is 5.53. The van der Waals surface area contributed by atoms with E-state index >= 15 is 0 Å². The summed E-state index contributed by atoms with van der Waals surface area (Å²) in [6.07, 6.45) is 5.44. The van der Waals surface area contributed by atoms with Crippen molar-refractivity contribution in [2.45, 2.75) is 27.3 Å². The van der Waals surface area contributed by atoms with E-state index in [-0.39, 0.29) is 0 Å². The zero-order valence-electron chi connectivity index (χ0n) is 11.5. The summed E-state index contributed by atoms with van der Waals surface area (Å²) in [6.45, 7) is 8.07. The average molecular weight is 279 g/mol. The van der Waals surface area contributed by atoms with E-state index < -0.39 is 0 Å². The summed E-state index contributed by atoms with van der Waals surface area (Å²) in [5.74, 6) is 1.41. The first-order chi connectivity index (χ1) is 9.06. The highest BCUT2D eigenvalue weighted by molar-refractivity contribution is 6.31. The molecule has 0 bridgehead atoms. The van der Waals surface area contributed by atoms with Crippen molar-refractivity contribution < 1.29 is 0 Å². The highest BCUT2D eigenvalue weighted by atomic mass is 35.5. The number of halogens is 1. The number of aryl methyl sites for hydroxylation is 1. The molecule has 0 aromatic carbocycles. The molecule has 2 aromatic heterocycles. The van der Waals surface area contributed by atoms with Crippen LogP contribution < -0.4 is 5.32 Å². The lowest BCUT2D eigenvalue weighted by Gasteiger charge is -2.10. The number of pyridine rings is 1. The van der Waals surface area contributed by atoms with Crippen LogP contribution in [-0.2, 0) is 6.54 Å². The van der Waals surface area contributed by atoms with Crippen molar-refractivity contribution in [3.63, 3.8) is 0 Å². The smallest absolute Gasteiger partial charge is 0.153 e. The quantitative estimate of drug-likeness (QED) is 0.914. The summed E-state index contributed by atoms with van der Waals surface area (Å²) >= 11 is 6.17. The zero-order valence-corrected chi connectivity index (χ0v) is 12.3. The molecule has 2 aromatic rings. The maximum Gasteiger partial charge on any atom is 0.153 e. The molecule has 0 saturated carbocycles. The van der Waals surface area contributed by atoms with Gasteiger partial charge < -0.3 is 5.32 Å². The summed E-state index contributed by atoms with van der Waals surface area (Å²) in [5, 5.41) is 8.32. The van der Waals surface area contributed by atoms with Gasteiger partial charge in [-0.25, -0.2) is 9.67 Å². The van der Waals surface area contributed by atoms with Gasteiger partial charge in [-0.2, -0.15) is 5.10 Å². The van der Waals surface area contributed by atoms with E-state index in [1.54, 1.807) is 10.9 Å². The second kappa shape index (κ2) is 6.17. The van der Waals surface area contributed by atoms with Crippen LogP contribution in [0, 0.1) is 12.8 Å². The molecule has 4 nitrogen and oxygen atoms in total. The minimum Gasteiger partial charge on any atom is -0.312 e. The lowest BCUT2D eigenvalue weighted by atomic mass is 10.2. The first kappa shape index (κ1) is 14.0. The first-order valence-electron chi connectivity index (χ1n) is 6.43. The number of aromatic nitrogens is 3. The third-order valence-electron chi connectivity index (χ3n) is 2.73. The zero-order chi connectivity index (χ0) is 13.8. The third kappa shape index (κ3) is 3.78. The van der Waals surface area contributed by atoms with Crippen molar-refractivity contribution in [2.24, 2.45) is 5.92 Å². The van der Waals surface area contributed by atoms with Gasteiger partial charge in [0.15, 0.2) is 5.82 Å². The Labute approximate surface area is 118 Å². The standard InChI is InChI=1S/C14H19ClN4/c1-10(2)5-16-7-12-4-14(17-8-13(12)15)19-9-11(3)6-18-19/h4,6,8-10,16H,5,7H2,1-3H3. The minimum absolute atomic E-state index is 0.619. The molecular weight excluding hydrogens is 260 g/mol. The van der Waals surface area contributed by atoms with Gasteiger partial charge in [0.05, 0.1) is 11.2 Å². The maximum absolute atomic E-state index is 6.17. The van der Waals surface area contributed by atoms with Gasteiger partial charge in [-0.1, -0.05) is 25.4 Å². The monoisotopic (exact) mass is 278 g/mol. The normalized spacial score (nSPS) is 11.2. The predicted octanol–water partition coefficient (Wildman–Crippen LogP) is 2.97. The summed E-state index contributed by atoms with van der Waals surface area (Å²) < 4.78 is 1.76. The van der Waals surface area contributed by atoms with E-state index in [0.717, 1.165) is 30.0 Å². The van der Waals surface area contributed by atoms with Crippen LogP contribution in [-0.4, -0.2) is 21.3 Å². The number of hydrogen-bond acceptors (Lipinski definition) is 3. The highest BCUT2D eigenvalue weighted by Crippen LogP contribution is 2.17. The molecule has 0 radical (unpaired) electrons. The fourth-order valence-corrected chi connectivity index (χ4v) is 1.93. The summed E-state index contributed by atoms with van der Waals surface area (Å²) in [5.41, 5.74) is 2.15. The highest BCUT2D eigenvalue weighted by Gasteiger charge is 2.06. The lowest BCUT2D eigenvalue weighted by Crippen LogP contribution is -2.19. The molecule has 0 fully saturated rings. The van der Waals surface area contributed by atoms with Crippen LogP contribution in [0.1, 0.15) is 25.0 Å². The maximum atomic E-state index is 6.17. The Bertz CT molecular complexity index is 548. The van der Waals surface area contributed by atoms with Gasteiger partial charge >= 0.3 is 0 Å². The average Bonchev–Trinajstić information content (AvgIpc) is 2.78. The van der Waals surface area contributed by atoms with Crippen molar-refractivity contribution in [3.05, 3.63) is 40.8 Å². The van der Waals surface area contributed by atoms with Gasteiger partial charge in [0, 0.05) is 18.9 Å². The Morgan fingerprint density at radius 2 is 2.16 bits per heavy atom. The summed E-state index contributed by atoms with van der Waals surface area (Å²) in [4.78, 5) is 4.31. The topological polar surface area (TPSA) is 42.7 Å². The molecule has 0 amide bonds. The fraction of sp³-hybridized carbons (Fsp3) is 0.429. The van der Waals surface area contributed by atoms with E-state index in [0.29, 0.717) is 10.9 Å². The van der Waals surface area contributed by atoms with Crippen LogP contribution in [0.25, 0.3) is 5.82 Å². The fourth-order valence-electron chi connectivity index (χ4n) is 1.76. The van der Waals surface area contributed by atoms with Crippen LogP contribution in [0.4, 0.5) is 0 Å². The lowest BCUT2D eigenvalue weighted by molar-refractivity contribution is 0.552. The molecule has 2 rings (SSSR count). The summed E-state index contributed by atoms with van der Waals surface area (Å²) in [7, 11) is 0. The Hall–Kier alpha value is -1.39.